The third-order valence-corrected chi connectivity index (χ3v) is 4.13. The average molecular weight is 309 g/mol. The van der Waals surface area contributed by atoms with Crippen LogP contribution in [0.25, 0.3) is 11.2 Å². The van der Waals surface area contributed by atoms with E-state index in [0.717, 1.165) is 16.8 Å². The monoisotopic (exact) mass is 309 g/mol. The molecular weight excluding hydrogens is 290 g/mol. The summed E-state index contributed by atoms with van der Waals surface area (Å²) < 4.78 is 6.04. The largest absolute Gasteiger partial charge is 0.490 e. The smallest absolute Gasteiger partial charge is 0.225 e. The highest BCUT2D eigenvalue weighted by Crippen LogP contribution is 2.24. The Labute approximate surface area is 134 Å². The fourth-order valence-corrected chi connectivity index (χ4v) is 2.93. The molecule has 3 aromatic rings. The summed E-state index contributed by atoms with van der Waals surface area (Å²) in [5.41, 5.74) is 2.65. The van der Waals surface area contributed by atoms with Crippen LogP contribution in [0.4, 0.5) is 5.95 Å². The van der Waals surface area contributed by atoms with Gasteiger partial charge in [-0.2, -0.15) is 4.98 Å². The van der Waals surface area contributed by atoms with E-state index >= 15 is 0 Å². The SMILES string of the molecule is c1cc(CNc2ncc3[nH]cnc3n2)cc(OC2CCCC2)c1. The van der Waals surface area contributed by atoms with Crippen LogP contribution in [0, 0.1) is 0 Å². The Morgan fingerprint density at radius 2 is 2.13 bits per heavy atom. The van der Waals surface area contributed by atoms with Crippen LogP contribution in [0.2, 0.25) is 0 Å². The van der Waals surface area contributed by atoms with E-state index in [-0.39, 0.29) is 0 Å². The fourth-order valence-electron chi connectivity index (χ4n) is 2.93. The van der Waals surface area contributed by atoms with Crippen LogP contribution < -0.4 is 10.1 Å². The van der Waals surface area contributed by atoms with Crippen LogP contribution in [-0.4, -0.2) is 26.0 Å². The molecule has 6 nitrogen and oxygen atoms in total. The van der Waals surface area contributed by atoms with Crippen LogP contribution in [0.1, 0.15) is 31.2 Å². The van der Waals surface area contributed by atoms with Gasteiger partial charge in [0.2, 0.25) is 5.95 Å². The maximum atomic E-state index is 6.04. The highest BCUT2D eigenvalue weighted by Gasteiger charge is 2.16. The number of aromatic nitrogens is 4. The number of nitrogens with one attached hydrogen (secondary N) is 2. The molecule has 1 aliphatic rings. The summed E-state index contributed by atoms with van der Waals surface area (Å²) in [6, 6.07) is 8.20. The molecular formula is C17H19N5O. The first-order chi connectivity index (χ1) is 11.4. The lowest BCUT2D eigenvalue weighted by molar-refractivity contribution is 0.210. The lowest BCUT2D eigenvalue weighted by Gasteiger charge is -2.14. The van der Waals surface area contributed by atoms with Crippen molar-refractivity contribution in [3.05, 3.63) is 42.4 Å². The first-order valence-electron chi connectivity index (χ1n) is 8.02. The number of fused-ring (bicyclic) bond motifs is 1. The lowest BCUT2D eigenvalue weighted by atomic mass is 10.2. The van der Waals surface area contributed by atoms with Crippen molar-refractivity contribution in [3.63, 3.8) is 0 Å². The molecule has 1 saturated carbocycles. The van der Waals surface area contributed by atoms with Crippen molar-refractivity contribution < 1.29 is 4.74 Å². The predicted molar refractivity (Wildman–Crippen MR) is 88.3 cm³/mol. The molecule has 118 valence electrons. The van der Waals surface area contributed by atoms with Crippen molar-refractivity contribution >= 4 is 17.1 Å². The third-order valence-electron chi connectivity index (χ3n) is 4.13. The molecule has 0 unspecified atom stereocenters. The summed E-state index contributed by atoms with van der Waals surface area (Å²) in [5.74, 6) is 1.52. The van der Waals surface area contributed by atoms with Crippen LogP contribution in [-0.2, 0) is 6.54 Å². The summed E-state index contributed by atoms with van der Waals surface area (Å²) in [6.45, 7) is 0.651. The van der Waals surface area contributed by atoms with Gasteiger partial charge in [0.1, 0.15) is 11.3 Å². The van der Waals surface area contributed by atoms with Crippen molar-refractivity contribution in [2.75, 3.05) is 5.32 Å². The third kappa shape index (κ3) is 3.26. The number of imidazole rings is 1. The molecule has 0 atom stereocenters. The lowest BCUT2D eigenvalue weighted by Crippen LogP contribution is -2.11. The molecule has 2 N–H and O–H groups in total. The second-order valence-electron chi connectivity index (χ2n) is 5.86. The standard InChI is InChI=1S/C17H19N5O/c1-2-6-13(5-1)23-14-7-3-4-12(8-14)9-18-17-19-10-15-16(22-17)21-11-20-15/h3-4,7-8,10-11,13H,1-2,5-6,9H2,(H2,18,19,20,21,22). The van der Waals surface area contributed by atoms with E-state index < -0.39 is 0 Å². The second-order valence-corrected chi connectivity index (χ2v) is 5.86. The molecule has 2 aromatic heterocycles. The number of hydrogen-bond donors (Lipinski definition) is 2. The molecule has 2 heterocycles. The molecule has 0 saturated heterocycles. The summed E-state index contributed by atoms with van der Waals surface area (Å²) in [7, 11) is 0. The normalized spacial score (nSPS) is 15.1. The number of benzene rings is 1. The number of rotatable bonds is 5. The Hall–Kier alpha value is -2.63. The van der Waals surface area contributed by atoms with Crippen molar-refractivity contribution in [2.45, 2.75) is 38.3 Å². The summed E-state index contributed by atoms with van der Waals surface area (Å²) in [6.07, 6.45) is 8.62. The Morgan fingerprint density at radius 1 is 1.22 bits per heavy atom. The van der Waals surface area contributed by atoms with E-state index in [4.69, 9.17) is 4.74 Å². The first kappa shape index (κ1) is 14.0. The maximum Gasteiger partial charge on any atom is 0.225 e. The van der Waals surface area contributed by atoms with Crippen LogP contribution >= 0.6 is 0 Å². The van der Waals surface area contributed by atoms with Crippen LogP contribution in [0.3, 0.4) is 0 Å². The molecule has 0 spiro atoms. The molecule has 4 rings (SSSR count). The Bertz CT molecular complexity index is 794. The van der Waals surface area contributed by atoms with E-state index in [1.165, 1.54) is 25.7 Å². The van der Waals surface area contributed by atoms with Gasteiger partial charge >= 0.3 is 0 Å². The minimum Gasteiger partial charge on any atom is -0.490 e. The minimum absolute atomic E-state index is 0.378. The van der Waals surface area contributed by atoms with Crippen molar-refractivity contribution in [3.8, 4) is 5.75 Å². The molecule has 0 aliphatic heterocycles. The number of H-pyrrole nitrogens is 1. The maximum absolute atomic E-state index is 6.04. The zero-order valence-electron chi connectivity index (χ0n) is 12.8. The number of hydrogen-bond acceptors (Lipinski definition) is 5. The van der Waals surface area contributed by atoms with E-state index in [9.17, 15) is 0 Å². The van der Waals surface area contributed by atoms with E-state index in [2.05, 4.69) is 37.4 Å². The van der Waals surface area contributed by atoms with Gasteiger partial charge in [-0.1, -0.05) is 12.1 Å². The molecule has 23 heavy (non-hydrogen) atoms. The second kappa shape index (κ2) is 6.24. The molecule has 0 amide bonds. The van der Waals surface area contributed by atoms with E-state index in [1.807, 2.05) is 12.1 Å². The summed E-state index contributed by atoms with van der Waals surface area (Å²) in [5, 5.41) is 3.23. The summed E-state index contributed by atoms with van der Waals surface area (Å²) >= 11 is 0. The van der Waals surface area contributed by atoms with Crippen molar-refractivity contribution in [1.82, 2.24) is 19.9 Å². The molecule has 1 aromatic carbocycles. The van der Waals surface area contributed by atoms with Gasteiger partial charge in [-0.3, -0.25) is 0 Å². The van der Waals surface area contributed by atoms with Gasteiger partial charge in [-0.05, 0) is 43.4 Å². The van der Waals surface area contributed by atoms with Gasteiger partial charge in [0.15, 0.2) is 5.65 Å². The van der Waals surface area contributed by atoms with Crippen molar-refractivity contribution in [1.29, 1.82) is 0 Å². The topological polar surface area (TPSA) is 75.7 Å². The number of nitrogens with zero attached hydrogens (tertiary/aromatic N) is 3. The predicted octanol–water partition coefficient (Wildman–Crippen LogP) is 3.29. The molecule has 1 aliphatic carbocycles. The van der Waals surface area contributed by atoms with Gasteiger partial charge < -0.3 is 15.0 Å². The zero-order valence-corrected chi connectivity index (χ0v) is 12.8. The Balaban J connectivity index is 1.41. The molecule has 6 heteroatoms. The number of aromatic amines is 1. The molecule has 1 fully saturated rings. The Morgan fingerprint density at radius 3 is 3.04 bits per heavy atom. The van der Waals surface area contributed by atoms with E-state index in [1.54, 1.807) is 12.5 Å². The molecule has 0 radical (unpaired) electrons. The van der Waals surface area contributed by atoms with Crippen LogP contribution in [0.15, 0.2) is 36.8 Å². The fraction of sp³-hybridized carbons (Fsp3) is 0.353. The highest BCUT2D eigenvalue weighted by atomic mass is 16.5. The first-order valence-corrected chi connectivity index (χ1v) is 8.02. The van der Waals surface area contributed by atoms with Gasteiger partial charge in [0.05, 0.1) is 18.6 Å². The van der Waals surface area contributed by atoms with Gasteiger partial charge in [0.25, 0.3) is 0 Å². The minimum atomic E-state index is 0.378. The van der Waals surface area contributed by atoms with Gasteiger partial charge in [0, 0.05) is 6.54 Å². The number of ether oxygens (including phenoxy) is 1. The summed E-state index contributed by atoms with van der Waals surface area (Å²) in [4.78, 5) is 15.8. The molecule has 0 bridgehead atoms. The van der Waals surface area contributed by atoms with E-state index in [0.29, 0.717) is 24.2 Å². The average Bonchev–Trinajstić information content (AvgIpc) is 3.24. The highest BCUT2D eigenvalue weighted by molar-refractivity contribution is 5.69. The van der Waals surface area contributed by atoms with Gasteiger partial charge in [-0.25, -0.2) is 9.97 Å². The zero-order chi connectivity index (χ0) is 15.5. The van der Waals surface area contributed by atoms with Crippen LogP contribution in [0.5, 0.6) is 5.75 Å². The quantitative estimate of drug-likeness (QED) is 0.756. The Kier molecular flexibility index (Phi) is 3.80. The number of anilines is 1. The van der Waals surface area contributed by atoms with Crippen molar-refractivity contribution in [2.24, 2.45) is 0 Å². The van der Waals surface area contributed by atoms with Gasteiger partial charge in [-0.15, -0.1) is 0 Å².